The minimum atomic E-state index is -0.738. The van der Waals surface area contributed by atoms with E-state index in [1.54, 1.807) is 19.9 Å². The second kappa shape index (κ2) is 15.4. The van der Waals surface area contributed by atoms with Crippen LogP contribution in [0.15, 0.2) is 60.7 Å². The number of fused-ring (bicyclic) bond motifs is 1. The van der Waals surface area contributed by atoms with E-state index in [9.17, 15) is 24.0 Å². The van der Waals surface area contributed by atoms with Gasteiger partial charge >= 0.3 is 0 Å². The van der Waals surface area contributed by atoms with Crippen molar-refractivity contribution in [1.29, 1.82) is 0 Å². The molecule has 0 amide bonds. The van der Waals surface area contributed by atoms with Crippen LogP contribution in [0.1, 0.15) is 123 Å². The zero-order chi connectivity index (χ0) is 38.2. The Morgan fingerprint density at radius 3 is 2.36 bits per heavy atom. The first-order valence-corrected chi connectivity index (χ1v) is 19.9. The Balaban J connectivity index is 1.31. The molecule has 0 bridgehead atoms. The molecule has 3 fully saturated rings. The van der Waals surface area contributed by atoms with Crippen molar-refractivity contribution >= 4 is 45.3 Å². The van der Waals surface area contributed by atoms with Gasteiger partial charge in [0.2, 0.25) is 0 Å². The van der Waals surface area contributed by atoms with E-state index in [2.05, 4.69) is 43.9 Å². The number of ether oxygens (including phenoxy) is 1. The van der Waals surface area contributed by atoms with Gasteiger partial charge in [0.15, 0.2) is 0 Å². The Morgan fingerprint density at radius 1 is 1.00 bits per heavy atom. The number of carbonyl (C=O) groups is 5. The van der Waals surface area contributed by atoms with Crippen LogP contribution < -0.4 is 4.74 Å². The maximum Gasteiger partial charge on any atom is 0.140 e. The third-order valence-corrected chi connectivity index (χ3v) is 12.9. The number of rotatable bonds is 16. The molecule has 6 unspecified atom stereocenters. The number of ketones is 5. The van der Waals surface area contributed by atoms with Crippen molar-refractivity contribution in [3.8, 4) is 5.75 Å². The summed E-state index contributed by atoms with van der Waals surface area (Å²) in [7, 11) is 0. The Hall–Kier alpha value is -3.93. The highest BCUT2D eigenvalue weighted by Crippen LogP contribution is 2.58. The fourth-order valence-electron chi connectivity index (χ4n) is 9.68. The van der Waals surface area contributed by atoms with Crippen LogP contribution in [0, 0.1) is 47.3 Å². The molecule has 53 heavy (non-hydrogen) atoms. The van der Waals surface area contributed by atoms with Gasteiger partial charge in [-0.15, -0.1) is 6.58 Å². The van der Waals surface area contributed by atoms with Crippen LogP contribution in [-0.4, -0.2) is 35.0 Å². The van der Waals surface area contributed by atoms with Crippen LogP contribution in [0.4, 0.5) is 0 Å². The summed E-state index contributed by atoms with van der Waals surface area (Å²) in [6.45, 7) is 15.2. The Kier molecular flexibility index (Phi) is 11.3. The standard InChI is InChI=1S/C47H58O6/c1-8-35-26-47(35,30(4)49)27-43(51)40-24-37(25-41(40)45(52)42(46(5,6)7)23-36(50)20-31-13-9-10-14-31)53-44-22-34(21-39-28(2)12-11-15-38(39)44)33-17-16-32(19-33)18-29(3)48/h8,11-12,15,17,19,21-22,31,35,37,40-42H,1,9-10,13-14,16,18,20,23-27H2,2-7H3. The number of allylic oxidation sites excluding steroid dienone is 5. The summed E-state index contributed by atoms with van der Waals surface area (Å²) >= 11 is 0. The lowest BCUT2D eigenvalue weighted by molar-refractivity contribution is -0.139. The maximum absolute atomic E-state index is 14.8. The minimum Gasteiger partial charge on any atom is -0.490 e. The largest absolute Gasteiger partial charge is 0.490 e. The summed E-state index contributed by atoms with van der Waals surface area (Å²) in [5.41, 5.74) is 3.05. The molecule has 0 heterocycles. The van der Waals surface area contributed by atoms with Crippen LogP contribution in [0.25, 0.3) is 16.3 Å². The van der Waals surface area contributed by atoms with E-state index in [-0.39, 0.29) is 47.7 Å². The predicted molar refractivity (Wildman–Crippen MR) is 210 cm³/mol. The summed E-state index contributed by atoms with van der Waals surface area (Å²) in [5.74, 6) is -0.462. The number of hydrogen-bond acceptors (Lipinski definition) is 6. The number of benzene rings is 2. The average Bonchev–Trinajstić information content (AvgIpc) is 3.50. The van der Waals surface area contributed by atoms with E-state index < -0.39 is 34.7 Å². The normalized spacial score (nSPS) is 26.2. The molecule has 0 radical (unpaired) electrons. The van der Waals surface area contributed by atoms with Crippen molar-refractivity contribution in [2.45, 2.75) is 125 Å². The van der Waals surface area contributed by atoms with Crippen LogP contribution in [0.3, 0.4) is 0 Å². The quantitative estimate of drug-likeness (QED) is 0.160. The molecule has 6 nitrogen and oxygen atoms in total. The van der Waals surface area contributed by atoms with Crippen LogP contribution in [-0.2, 0) is 24.0 Å². The minimum absolute atomic E-state index is 0.00474. The molecule has 0 spiro atoms. The van der Waals surface area contributed by atoms with E-state index in [1.165, 1.54) is 0 Å². The average molecular weight is 719 g/mol. The molecule has 2 aromatic rings. The number of Topliss-reactive ketones (excluding diaryl/α,β-unsaturated/α-hetero) is 5. The van der Waals surface area contributed by atoms with Crippen molar-refractivity contribution in [2.75, 3.05) is 0 Å². The molecule has 3 saturated carbocycles. The van der Waals surface area contributed by atoms with Crippen molar-refractivity contribution in [3.63, 3.8) is 0 Å². The van der Waals surface area contributed by atoms with Gasteiger partial charge in [-0.3, -0.25) is 24.0 Å². The third kappa shape index (κ3) is 8.42. The molecule has 0 aromatic heterocycles. The molecule has 282 valence electrons. The first-order chi connectivity index (χ1) is 25.1. The lowest BCUT2D eigenvalue weighted by Crippen LogP contribution is -2.38. The Morgan fingerprint density at radius 2 is 1.72 bits per heavy atom. The van der Waals surface area contributed by atoms with E-state index in [0.29, 0.717) is 43.8 Å². The fraction of sp³-hybridized carbons (Fsp3) is 0.553. The van der Waals surface area contributed by atoms with Gasteiger partial charge in [0.25, 0.3) is 0 Å². The van der Waals surface area contributed by atoms with Crippen molar-refractivity contribution in [1.82, 2.24) is 0 Å². The second-order valence-electron chi connectivity index (χ2n) is 17.9. The molecular formula is C47H58O6. The number of carbonyl (C=O) groups excluding carboxylic acids is 5. The topological polar surface area (TPSA) is 94.6 Å². The van der Waals surface area contributed by atoms with Gasteiger partial charge in [-0.05, 0) is 97.9 Å². The van der Waals surface area contributed by atoms with E-state index in [1.807, 2.05) is 32.9 Å². The SMILES string of the molecule is C=CC1CC1(CC(=O)C1CC(Oc2cc(C3=CCC(CC(C)=O)=C3)cc3c(C)cccc23)CC1C(=O)C(CC(=O)CC1CCCC1)C(C)(C)C)C(C)=O. The Bertz CT molecular complexity index is 1880. The molecule has 2 aromatic carbocycles. The highest BCUT2D eigenvalue weighted by molar-refractivity contribution is 5.98. The fourth-order valence-corrected chi connectivity index (χ4v) is 9.68. The summed E-state index contributed by atoms with van der Waals surface area (Å²) in [4.78, 5) is 67.4. The van der Waals surface area contributed by atoms with E-state index in [0.717, 1.165) is 65.1 Å². The molecule has 6 rings (SSSR count). The maximum atomic E-state index is 14.8. The molecule has 6 atom stereocenters. The predicted octanol–water partition coefficient (Wildman–Crippen LogP) is 10.1. The van der Waals surface area contributed by atoms with Crippen LogP contribution >= 0.6 is 0 Å². The molecule has 0 N–H and O–H groups in total. The molecule has 0 saturated heterocycles. The zero-order valence-electron chi connectivity index (χ0n) is 32.7. The van der Waals surface area contributed by atoms with E-state index >= 15 is 0 Å². The third-order valence-electron chi connectivity index (χ3n) is 12.9. The van der Waals surface area contributed by atoms with E-state index in [4.69, 9.17) is 4.74 Å². The second-order valence-corrected chi connectivity index (χ2v) is 17.9. The van der Waals surface area contributed by atoms with Crippen molar-refractivity contribution in [2.24, 2.45) is 40.4 Å². The van der Waals surface area contributed by atoms with Gasteiger partial charge < -0.3 is 4.74 Å². The monoisotopic (exact) mass is 718 g/mol. The first-order valence-electron chi connectivity index (χ1n) is 19.9. The molecule has 0 aliphatic heterocycles. The van der Waals surface area contributed by atoms with Gasteiger partial charge in [0, 0.05) is 54.2 Å². The van der Waals surface area contributed by atoms with Gasteiger partial charge in [0.05, 0.1) is 0 Å². The first kappa shape index (κ1) is 38.8. The highest BCUT2D eigenvalue weighted by atomic mass is 16.5. The van der Waals surface area contributed by atoms with Crippen molar-refractivity contribution < 1.29 is 28.7 Å². The highest BCUT2D eigenvalue weighted by Gasteiger charge is 2.59. The number of aryl methyl sites for hydroxylation is 1. The zero-order valence-corrected chi connectivity index (χ0v) is 32.7. The lowest BCUT2D eigenvalue weighted by Gasteiger charge is -2.33. The summed E-state index contributed by atoms with van der Waals surface area (Å²) in [6.07, 6.45) is 13.4. The van der Waals surface area contributed by atoms with Crippen LogP contribution in [0.2, 0.25) is 0 Å². The Labute approximate surface area is 315 Å². The molecular weight excluding hydrogens is 661 g/mol. The summed E-state index contributed by atoms with van der Waals surface area (Å²) in [6, 6.07) is 10.4. The molecule has 4 aliphatic rings. The van der Waals surface area contributed by atoms with Gasteiger partial charge in [-0.25, -0.2) is 0 Å². The summed E-state index contributed by atoms with van der Waals surface area (Å²) < 4.78 is 6.91. The van der Waals surface area contributed by atoms with Gasteiger partial charge in [0.1, 0.15) is 40.8 Å². The lowest BCUT2D eigenvalue weighted by atomic mass is 9.69. The summed E-state index contributed by atoms with van der Waals surface area (Å²) in [5, 5.41) is 2.03. The number of hydrogen-bond donors (Lipinski definition) is 0. The van der Waals surface area contributed by atoms with Crippen LogP contribution in [0.5, 0.6) is 5.75 Å². The van der Waals surface area contributed by atoms with Gasteiger partial charge in [-0.2, -0.15) is 0 Å². The smallest absolute Gasteiger partial charge is 0.140 e. The van der Waals surface area contributed by atoms with Gasteiger partial charge in [-0.1, -0.05) is 88.5 Å². The van der Waals surface area contributed by atoms with Crippen molar-refractivity contribution in [3.05, 3.63) is 71.8 Å². The molecule has 4 aliphatic carbocycles. The molecule has 6 heteroatoms.